The van der Waals surface area contributed by atoms with E-state index in [2.05, 4.69) is 116 Å². The van der Waals surface area contributed by atoms with E-state index in [4.69, 9.17) is 0 Å². The molecule has 0 nitrogen and oxygen atoms in total. The van der Waals surface area contributed by atoms with E-state index < -0.39 is 0 Å². The van der Waals surface area contributed by atoms with Crippen molar-refractivity contribution in [2.24, 2.45) is 5.92 Å². The molecule has 2 bridgehead atoms. The highest BCUT2D eigenvalue weighted by molar-refractivity contribution is 5.91. The summed E-state index contributed by atoms with van der Waals surface area (Å²) < 4.78 is 0. The lowest BCUT2D eigenvalue weighted by Gasteiger charge is -2.19. The van der Waals surface area contributed by atoms with Gasteiger partial charge in [-0.25, -0.2) is 0 Å². The van der Waals surface area contributed by atoms with Gasteiger partial charge in [0.2, 0.25) is 0 Å². The molecule has 0 heteroatoms. The monoisotopic (exact) mass is 410 g/mol. The fourth-order valence-corrected chi connectivity index (χ4v) is 5.42. The molecule has 0 radical (unpaired) electrons. The Hall–Kier alpha value is -3.64. The first-order valence-electron chi connectivity index (χ1n) is 11.6. The van der Waals surface area contributed by atoms with Crippen molar-refractivity contribution in [2.75, 3.05) is 0 Å². The molecule has 4 aromatic rings. The summed E-state index contributed by atoms with van der Waals surface area (Å²) in [5.41, 5.74) is 8.30. The van der Waals surface area contributed by atoms with Crippen molar-refractivity contribution in [2.45, 2.75) is 19.8 Å². The minimum atomic E-state index is 0.421. The summed E-state index contributed by atoms with van der Waals surface area (Å²) in [5.74, 6) is 0.421. The van der Waals surface area contributed by atoms with Crippen molar-refractivity contribution in [1.82, 2.24) is 0 Å². The van der Waals surface area contributed by atoms with Crippen molar-refractivity contribution < 1.29 is 0 Å². The van der Waals surface area contributed by atoms with Crippen LogP contribution in [0.4, 0.5) is 0 Å². The van der Waals surface area contributed by atoms with Crippen LogP contribution in [0.1, 0.15) is 30.9 Å². The topological polar surface area (TPSA) is 0 Å². The second kappa shape index (κ2) is 7.80. The van der Waals surface area contributed by atoms with Gasteiger partial charge in [0.15, 0.2) is 0 Å². The molecule has 0 aromatic heterocycles. The predicted molar refractivity (Wildman–Crippen MR) is 136 cm³/mol. The van der Waals surface area contributed by atoms with Gasteiger partial charge in [-0.3, -0.25) is 0 Å². The van der Waals surface area contributed by atoms with Crippen LogP contribution in [-0.2, 0) is 0 Å². The Morgan fingerprint density at radius 1 is 0.656 bits per heavy atom. The molecule has 0 heterocycles. The predicted octanol–water partition coefficient (Wildman–Crippen LogP) is 6.53. The van der Waals surface area contributed by atoms with Crippen LogP contribution in [0, 0.1) is 5.92 Å². The normalized spacial score (nSPS) is 21.2. The molecule has 32 heavy (non-hydrogen) atoms. The van der Waals surface area contributed by atoms with E-state index >= 15 is 0 Å². The number of hydrogen-bond acceptors (Lipinski definition) is 0. The number of rotatable bonds is 2. The van der Waals surface area contributed by atoms with Crippen LogP contribution in [-0.4, -0.2) is 0 Å². The fraction of sp³-hybridized carbons (Fsp3) is 0.125. The SMILES string of the molecule is CC1=C2C=CC(CC1)/C(c1ccccc1)=c1/cccc/c1=C/2c1ccc2ccccc2c1. The highest BCUT2D eigenvalue weighted by atomic mass is 14.3. The molecule has 0 fully saturated rings. The first-order chi connectivity index (χ1) is 15.8. The maximum atomic E-state index is 2.45. The summed E-state index contributed by atoms with van der Waals surface area (Å²) in [6, 6.07) is 35.6. The van der Waals surface area contributed by atoms with Crippen LogP contribution in [0.15, 0.2) is 120 Å². The fourth-order valence-electron chi connectivity index (χ4n) is 5.42. The number of hydrogen-bond donors (Lipinski definition) is 0. The summed E-state index contributed by atoms with van der Waals surface area (Å²) in [6.07, 6.45) is 7.12. The molecular formula is C32H26. The average molecular weight is 411 g/mol. The molecule has 2 aliphatic rings. The van der Waals surface area contributed by atoms with E-state index in [0.29, 0.717) is 5.92 Å². The Morgan fingerprint density at radius 2 is 1.38 bits per heavy atom. The zero-order valence-electron chi connectivity index (χ0n) is 18.4. The smallest absolute Gasteiger partial charge is 0.00364 e. The number of benzene rings is 4. The van der Waals surface area contributed by atoms with Crippen molar-refractivity contribution >= 4 is 21.9 Å². The quantitative estimate of drug-likeness (QED) is 0.352. The van der Waals surface area contributed by atoms with E-state index in [9.17, 15) is 0 Å². The van der Waals surface area contributed by atoms with Crippen LogP contribution in [0.2, 0.25) is 0 Å². The zero-order chi connectivity index (χ0) is 21.5. The second-order valence-corrected chi connectivity index (χ2v) is 8.96. The Morgan fingerprint density at radius 3 is 2.22 bits per heavy atom. The van der Waals surface area contributed by atoms with Crippen molar-refractivity contribution in [1.29, 1.82) is 0 Å². The van der Waals surface area contributed by atoms with Crippen LogP contribution in [0.3, 0.4) is 0 Å². The molecule has 2 aliphatic carbocycles. The van der Waals surface area contributed by atoms with Gasteiger partial charge in [-0.2, -0.15) is 0 Å². The van der Waals surface area contributed by atoms with Gasteiger partial charge in [0.25, 0.3) is 0 Å². The molecule has 6 rings (SSSR count). The molecule has 0 saturated carbocycles. The van der Waals surface area contributed by atoms with Gasteiger partial charge < -0.3 is 0 Å². The Balaban J connectivity index is 1.80. The van der Waals surface area contributed by atoms with Crippen molar-refractivity contribution in [3.05, 3.63) is 142 Å². The molecule has 1 atom stereocenters. The molecule has 154 valence electrons. The van der Waals surface area contributed by atoms with Crippen LogP contribution in [0.25, 0.3) is 21.9 Å². The van der Waals surface area contributed by atoms with E-state index in [1.54, 1.807) is 0 Å². The van der Waals surface area contributed by atoms with Gasteiger partial charge >= 0.3 is 0 Å². The second-order valence-electron chi connectivity index (χ2n) is 8.96. The minimum absolute atomic E-state index is 0.421. The van der Waals surface area contributed by atoms with Gasteiger partial charge in [-0.15, -0.1) is 0 Å². The molecule has 0 N–H and O–H groups in total. The van der Waals surface area contributed by atoms with Gasteiger partial charge in [0, 0.05) is 5.92 Å². The van der Waals surface area contributed by atoms with E-state index in [1.807, 2.05) is 0 Å². The van der Waals surface area contributed by atoms with Gasteiger partial charge in [-0.1, -0.05) is 109 Å². The van der Waals surface area contributed by atoms with Crippen molar-refractivity contribution in [3.63, 3.8) is 0 Å². The lowest BCUT2D eigenvalue weighted by Crippen LogP contribution is -2.32. The molecule has 4 aromatic carbocycles. The van der Waals surface area contributed by atoms with E-state index in [1.165, 1.54) is 54.6 Å². The third kappa shape index (κ3) is 3.15. The number of fused-ring (bicyclic) bond motifs is 4. The first-order valence-corrected chi connectivity index (χ1v) is 11.6. The highest BCUT2D eigenvalue weighted by Gasteiger charge is 2.23. The maximum Gasteiger partial charge on any atom is 0.00364 e. The zero-order valence-corrected chi connectivity index (χ0v) is 18.4. The lowest BCUT2D eigenvalue weighted by atomic mass is 9.84. The van der Waals surface area contributed by atoms with Gasteiger partial charge in [-0.05, 0) is 74.9 Å². The minimum Gasteiger partial charge on any atom is -0.0763 e. The van der Waals surface area contributed by atoms with Crippen LogP contribution < -0.4 is 10.4 Å². The molecule has 0 amide bonds. The summed E-state index contributed by atoms with van der Waals surface area (Å²) >= 11 is 0. The first kappa shape index (κ1) is 19.1. The van der Waals surface area contributed by atoms with E-state index in [-0.39, 0.29) is 0 Å². The van der Waals surface area contributed by atoms with Gasteiger partial charge in [0.05, 0.1) is 0 Å². The Bertz CT molecular complexity index is 1510. The largest absolute Gasteiger partial charge is 0.0763 e. The summed E-state index contributed by atoms with van der Waals surface area (Å²) in [6.45, 7) is 2.32. The lowest BCUT2D eigenvalue weighted by molar-refractivity contribution is 0.722. The molecule has 0 saturated heterocycles. The molecule has 0 spiro atoms. The summed E-state index contributed by atoms with van der Waals surface area (Å²) in [7, 11) is 0. The summed E-state index contributed by atoms with van der Waals surface area (Å²) in [5, 5.41) is 5.28. The molecular weight excluding hydrogens is 384 g/mol. The van der Waals surface area contributed by atoms with E-state index in [0.717, 1.165) is 12.8 Å². The van der Waals surface area contributed by atoms with Crippen LogP contribution in [0.5, 0.6) is 0 Å². The Labute approximate surface area is 189 Å². The average Bonchev–Trinajstić information content (AvgIpc) is 2.99. The van der Waals surface area contributed by atoms with Gasteiger partial charge in [0.1, 0.15) is 0 Å². The highest BCUT2D eigenvalue weighted by Crippen LogP contribution is 2.36. The molecule has 1 unspecified atom stereocenters. The Kier molecular flexibility index (Phi) is 4.65. The standard InChI is InChI=1S/C32H26/c1-22-15-16-25-19-20-28(22)32(27-18-17-23-9-5-6-12-26(23)21-27)30-14-8-7-13-29(30)31(25)24-10-3-2-4-11-24/h2-14,17-21,25H,15-16H2,1H3/b31-29-,32-30-. The third-order valence-electron chi connectivity index (χ3n) is 7.03. The molecule has 0 aliphatic heterocycles. The summed E-state index contributed by atoms with van der Waals surface area (Å²) in [4.78, 5) is 0. The number of allylic oxidation sites excluding steroid dienone is 4. The van der Waals surface area contributed by atoms with Crippen molar-refractivity contribution in [3.8, 4) is 0 Å². The third-order valence-corrected chi connectivity index (χ3v) is 7.03. The van der Waals surface area contributed by atoms with Crippen LogP contribution >= 0.6 is 0 Å². The maximum absolute atomic E-state index is 2.45.